The summed E-state index contributed by atoms with van der Waals surface area (Å²) in [5.74, 6) is -2.43. The molecule has 2 N–H and O–H groups in total. The molecule has 2 aliphatic rings. The van der Waals surface area contributed by atoms with Crippen LogP contribution in [0.3, 0.4) is 0 Å². The van der Waals surface area contributed by atoms with Gasteiger partial charge in [0.15, 0.2) is 0 Å². The van der Waals surface area contributed by atoms with Gasteiger partial charge in [0.05, 0.1) is 17.9 Å². The zero-order valence-electron chi connectivity index (χ0n) is 12.4. The predicted molar refractivity (Wildman–Crippen MR) is 73.1 cm³/mol. The summed E-state index contributed by atoms with van der Waals surface area (Å²) in [5.41, 5.74) is -0.633. The smallest absolute Gasteiger partial charge is 0.391 e. The molecule has 0 bridgehead atoms. The standard InChI is InChI=1S/C15H22F3NO3/c16-15(17,18)11-4-2-10(3-5-11)8-12(20)19-14(6-1-7-14)9-13(21)22/h10-11H,1-9H2,(H,19,20)(H,21,22). The molecule has 0 aliphatic heterocycles. The number of carbonyl (C=O) groups excluding carboxylic acids is 1. The monoisotopic (exact) mass is 321 g/mol. The van der Waals surface area contributed by atoms with Gasteiger partial charge in [-0.3, -0.25) is 9.59 Å². The van der Waals surface area contributed by atoms with E-state index in [4.69, 9.17) is 5.11 Å². The number of alkyl halides is 3. The number of nitrogens with one attached hydrogen (secondary N) is 1. The molecule has 2 fully saturated rings. The van der Waals surface area contributed by atoms with Gasteiger partial charge in [-0.2, -0.15) is 13.2 Å². The third kappa shape index (κ3) is 4.36. The van der Waals surface area contributed by atoms with E-state index in [0.717, 1.165) is 6.42 Å². The number of hydrogen-bond donors (Lipinski definition) is 2. The van der Waals surface area contributed by atoms with Gasteiger partial charge in [0.1, 0.15) is 0 Å². The Kier molecular flexibility index (Phi) is 5.02. The second-order valence-corrected chi connectivity index (χ2v) is 6.72. The average Bonchev–Trinajstić information content (AvgIpc) is 2.35. The van der Waals surface area contributed by atoms with Gasteiger partial charge in [-0.1, -0.05) is 0 Å². The molecule has 0 aromatic carbocycles. The zero-order valence-corrected chi connectivity index (χ0v) is 12.4. The number of hydrogen-bond acceptors (Lipinski definition) is 2. The SMILES string of the molecule is O=C(O)CC1(NC(=O)CC2CCC(C(F)(F)F)CC2)CCC1. The van der Waals surface area contributed by atoms with Gasteiger partial charge >= 0.3 is 12.1 Å². The first-order valence-corrected chi connectivity index (χ1v) is 7.80. The van der Waals surface area contributed by atoms with E-state index in [-0.39, 0.29) is 37.5 Å². The summed E-state index contributed by atoms with van der Waals surface area (Å²) in [7, 11) is 0. The lowest BCUT2D eigenvalue weighted by molar-refractivity contribution is -0.184. The molecule has 4 nitrogen and oxygen atoms in total. The molecular formula is C15H22F3NO3. The first kappa shape index (κ1) is 17.1. The molecule has 0 radical (unpaired) electrons. The minimum absolute atomic E-state index is 0.0273. The van der Waals surface area contributed by atoms with Gasteiger partial charge in [-0.05, 0) is 50.9 Å². The van der Waals surface area contributed by atoms with Crippen LogP contribution in [0, 0.1) is 11.8 Å². The number of carboxylic acid groups (broad SMARTS) is 1. The van der Waals surface area contributed by atoms with Crippen LogP contribution in [0.5, 0.6) is 0 Å². The Hall–Kier alpha value is -1.27. The van der Waals surface area contributed by atoms with Crippen LogP contribution in [-0.2, 0) is 9.59 Å². The lowest BCUT2D eigenvalue weighted by Gasteiger charge is -2.42. The first-order chi connectivity index (χ1) is 10.2. The van der Waals surface area contributed by atoms with Gasteiger partial charge < -0.3 is 10.4 Å². The lowest BCUT2D eigenvalue weighted by Crippen LogP contribution is -2.55. The number of rotatable bonds is 5. The average molecular weight is 321 g/mol. The molecule has 2 rings (SSSR count). The maximum absolute atomic E-state index is 12.6. The van der Waals surface area contributed by atoms with Crippen molar-refractivity contribution < 1.29 is 27.9 Å². The molecule has 0 unspecified atom stereocenters. The molecule has 22 heavy (non-hydrogen) atoms. The van der Waals surface area contributed by atoms with E-state index in [0.29, 0.717) is 25.7 Å². The number of aliphatic carboxylic acids is 1. The quantitative estimate of drug-likeness (QED) is 0.817. The summed E-state index contributed by atoms with van der Waals surface area (Å²) < 4.78 is 37.8. The van der Waals surface area contributed by atoms with E-state index >= 15 is 0 Å². The summed E-state index contributed by atoms with van der Waals surface area (Å²) in [6.45, 7) is 0. The number of amides is 1. The van der Waals surface area contributed by atoms with Gasteiger partial charge in [-0.15, -0.1) is 0 Å². The molecule has 0 spiro atoms. The fourth-order valence-electron chi connectivity index (χ4n) is 3.54. The van der Waals surface area contributed by atoms with Crippen molar-refractivity contribution in [1.82, 2.24) is 5.32 Å². The molecule has 0 saturated heterocycles. The van der Waals surface area contributed by atoms with Crippen LogP contribution in [-0.4, -0.2) is 28.7 Å². The Morgan fingerprint density at radius 2 is 1.73 bits per heavy atom. The molecule has 0 atom stereocenters. The number of carboxylic acids is 1. The van der Waals surface area contributed by atoms with Crippen molar-refractivity contribution >= 4 is 11.9 Å². The fourth-order valence-corrected chi connectivity index (χ4v) is 3.54. The van der Waals surface area contributed by atoms with Gasteiger partial charge in [0.2, 0.25) is 5.91 Å². The van der Waals surface area contributed by atoms with E-state index in [9.17, 15) is 22.8 Å². The van der Waals surface area contributed by atoms with E-state index in [1.54, 1.807) is 0 Å². The lowest BCUT2D eigenvalue weighted by atomic mass is 9.74. The summed E-state index contributed by atoms with van der Waals surface area (Å²) in [4.78, 5) is 22.9. The normalized spacial score (nSPS) is 27.8. The summed E-state index contributed by atoms with van der Waals surface area (Å²) >= 11 is 0. The molecule has 0 heterocycles. The minimum atomic E-state index is -4.13. The Morgan fingerprint density at radius 1 is 1.14 bits per heavy atom. The largest absolute Gasteiger partial charge is 0.481 e. The Balaban J connectivity index is 1.77. The van der Waals surface area contributed by atoms with Crippen molar-refractivity contribution in [3.8, 4) is 0 Å². The third-order valence-electron chi connectivity index (χ3n) is 4.99. The summed E-state index contributed by atoms with van der Waals surface area (Å²) in [6.07, 6.45) is -0.825. The summed E-state index contributed by atoms with van der Waals surface area (Å²) in [5, 5.41) is 11.7. The second kappa shape index (κ2) is 6.46. The van der Waals surface area contributed by atoms with Crippen LogP contribution < -0.4 is 5.32 Å². The second-order valence-electron chi connectivity index (χ2n) is 6.72. The molecule has 2 saturated carbocycles. The predicted octanol–water partition coefficient (Wildman–Crippen LogP) is 3.26. The fraction of sp³-hybridized carbons (Fsp3) is 0.867. The van der Waals surface area contributed by atoms with Crippen molar-refractivity contribution in [2.45, 2.75) is 69.5 Å². The maximum Gasteiger partial charge on any atom is 0.391 e. The molecule has 7 heteroatoms. The highest BCUT2D eigenvalue weighted by Gasteiger charge is 2.43. The highest BCUT2D eigenvalue weighted by atomic mass is 19.4. The van der Waals surface area contributed by atoms with Crippen molar-refractivity contribution in [2.24, 2.45) is 11.8 Å². The van der Waals surface area contributed by atoms with Crippen LogP contribution in [0.2, 0.25) is 0 Å². The number of halogens is 3. The maximum atomic E-state index is 12.6. The first-order valence-electron chi connectivity index (χ1n) is 7.80. The van der Waals surface area contributed by atoms with E-state index in [2.05, 4.69) is 5.32 Å². The topological polar surface area (TPSA) is 66.4 Å². The van der Waals surface area contributed by atoms with Crippen molar-refractivity contribution in [3.05, 3.63) is 0 Å². The van der Waals surface area contributed by atoms with Crippen LogP contribution in [0.1, 0.15) is 57.8 Å². The Morgan fingerprint density at radius 3 is 2.14 bits per heavy atom. The highest BCUT2D eigenvalue weighted by molar-refractivity contribution is 5.78. The van der Waals surface area contributed by atoms with Crippen LogP contribution in [0.4, 0.5) is 13.2 Å². The molecule has 0 aromatic heterocycles. The zero-order chi connectivity index (χ0) is 16.4. The molecule has 0 aromatic rings. The number of carbonyl (C=O) groups is 2. The van der Waals surface area contributed by atoms with Crippen molar-refractivity contribution in [1.29, 1.82) is 0 Å². The highest BCUT2D eigenvalue weighted by Crippen LogP contribution is 2.41. The van der Waals surface area contributed by atoms with E-state index in [1.165, 1.54) is 0 Å². The Bertz CT molecular complexity index is 424. The minimum Gasteiger partial charge on any atom is -0.481 e. The van der Waals surface area contributed by atoms with Crippen molar-refractivity contribution in [2.75, 3.05) is 0 Å². The van der Waals surface area contributed by atoms with Crippen LogP contribution in [0.15, 0.2) is 0 Å². The van der Waals surface area contributed by atoms with Gasteiger partial charge in [-0.25, -0.2) is 0 Å². The summed E-state index contributed by atoms with van der Waals surface area (Å²) in [6, 6.07) is 0. The van der Waals surface area contributed by atoms with Gasteiger partial charge in [0.25, 0.3) is 0 Å². The Labute approximate surface area is 127 Å². The molecular weight excluding hydrogens is 299 g/mol. The molecule has 2 aliphatic carbocycles. The van der Waals surface area contributed by atoms with Crippen molar-refractivity contribution in [3.63, 3.8) is 0 Å². The molecule has 126 valence electrons. The van der Waals surface area contributed by atoms with Crippen LogP contribution >= 0.6 is 0 Å². The van der Waals surface area contributed by atoms with Gasteiger partial charge in [0, 0.05) is 6.42 Å². The molecule has 1 amide bonds. The van der Waals surface area contributed by atoms with Crippen LogP contribution in [0.25, 0.3) is 0 Å². The van der Waals surface area contributed by atoms with E-state index < -0.39 is 23.6 Å². The third-order valence-corrected chi connectivity index (χ3v) is 4.99. The van der Waals surface area contributed by atoms with E-state index in [1.807, 2.05) is 0 Å².